The van der Waals surface area contributed by atoms with E-state index in [0.29, 0.717) is 30.1 Å². The van der Waals surface area contributed by atoms with Gasteiger partial charge in [-0.3, -0.25) is 9.59 Å². The van der Waals surface area contributed by atoms with Gasteiger partial charge in [0.05, 0.1) is 23.0 Å². The first kappa shape index (κ1) is 22.5. The molecule has 1 aromatic carbocycles. The Morgan fingerprint density at radius 3 is 2.70 bits per heavy atom. The van der Waals surface area contributed by atoms with Crippen LogP contribution in [0.3, 0.4) is 0 Å². The summed E-state index contributed by atoms with van der Waals surface area (Å²) in [7, 11) is 0. The Hall–Kier alpha value is -2.16. The summed E-state index contributed by atoms with van der Waals surface area (Å²) in [6.45, 7) is 6.58. The second-order valence-electron chi connectivity index (χ2n) is 7.21. The maximum Gasteiger partial charge on any atom is 0.259 e. The Morgan fingerprint density at radius 1 is 1.27 bits per heavy atom. The molecular formula is C22H27N3O3S2. The summed E-state index contributed by atoms with van der Waals surface area (Å²) in [5.74, 6) is 1.01. The number of hydrogen-bond acceptors (Lipinski definition) is 6. The molecule has 0 aliphatic rings. The van der Waals surface area contributed by atoms with Gasteiger partial charge >= 0.3 is 0 Å². The molecule has 1 atom stereocenters. The largest absolute Gasteiger partial charge is 0.395 e. The molecule has 0 spiro atoms. The van der Waals surface area contributed by atoms with E-state index in [9.17, 15) is 14.7 Å². The lowest BCUT2D eigenvalue weighted by Gasteiger charge is -2.25. The van der Waals surface area contributed by atoms with Gasteiger partial charge < -0.3 is 15.0 Å². The van der Waals surface area contributed by atoms with Gasteiger partial charge in [-0.05, 0) is 38.3 Å². The van der Waals surface area contributed by atoms with Crippen molar-refractivity contribution in [2.45, 2.75) is 38.2 Å². The minimum atomic E-state index is -0.305. The smallest absolute Gasteiger partial charge is 0.259 e. The van der Waals surface area contributed by atoms with Crippen LogP contribution in [0.5, 0.6) is 0 Å². The first-order valence-electron chi connectivity index (χ1n) is 9.94. The van der Waals surface area contributed by atoms with Gasteiger partial charge in [-0.2, -0.15) is 0 Å². The SMILES string of the molecule is Cc1sc2nc(CSC(C)C(=O)N(CCO)CCc3ccccc3)[nH]c(=O)c2c1C. The standard InChI is InChI=1S/C22H27N3O3S2/c1-14-15(2)30-21-19(14)20(27)23-18(24-21)13-29-16(3)22(28)25(11-12-26)10-9-17-7-5-4-6-8-17/h4-8,16,26H,9-13H2,1-3H3,(H,23,24,27). The molecule has 2 heterocycles. The van der Waals surface area contributed by atoms with Gasteiger partial charge in [-0.15, -0.1) is 23.1 Å². The highest BCUT2D eigenvalue weighted by atomic mass is 32.2. The zero-order chi connectivity index (χ0) is 21.7. The van der Waals surface area contributed by atoms with Gasteiger partial charge in [-0.25, -0.2) is 4.98 Å². The summed E-state index contributed by atoms with van der Waals surface area (Å²) in [5.41, 5.74) is 2.01. The van der Waals surface area contributed by atoms with Crippen molar-refractivity contribution in [2.75, 3.05) is 19.7 Å². The maximum absolute atomic E-state index is 12.9. The number of hydrogen-bond donors (Lipinski definition) is 2. The van der Waals surface area contributed by atoms with E-state index in [2.05, 4.69) is 9.97 Å². The quantitative estimate of drug-likeness (QED) is 0.528. The van der Waals surface area contributed by atoms with Crippen molar-refractivity contribution in [3.63, 3.8) is 0 Å². The Kier molecular flexibility index (Phi) is 7.69. The molecule has 0 saturated carbocycles. The predicted molar refractivity (Wildman–Crippen MR) is 124 cm³/mol. The van der Waals surface area contributed by atoms with Crippen LogP contribution in [0.4, 0.5) is 0 Å². The molecule has 0 aliphatic heterocycles. The summed E-state index contributed by atoms with van der Waals surface area (Å²) in [5, 5.41) is 9.73. The minimum absolute atomic E-state index is 0.0174. The van der Waals surface area contributed by atoms with Crippen molar-refractivity contribution in [2.24, 2.45) is 0 Å². The van der Waals surface area contributed by atoms with Gasteiger partial charge in [0.1, 0.15) is 10.7 Å². The average Bonchev–Trinajstić information content (AvgIpc) is 3.03. The highest BCUT2D eigenvalue weighted by Gasteiger charge is 2.21. The lowest BCUT2D eigenvalue weighted by Crippen LogP contribution is -2.40. The number of nitrogens with one attached hydrogen (secondary N) is 1. The summed E-state index contributed by atoms with van der Waals surface area (Å²) in [6.07, 6.45) is 0.743. The number of carbonyl (C=O) groups is 1. The fourth-order valence-electron chi connectivity index (χ4n) is 3.26. The molecule has 0 radical (unpaired) electrons. The summed E-state index contributed by atoms with van der Waals surface area (Å²) >= 11 is 2.96. The number of nitrogens with zero attached hydrogens (tertiary/aromatic N) is 2. The van der Waals surface area contributed by atoms with E-state index >= 15 is 0 Å². The number of aromatic nitrogens is 2. The van der Waals surface area contributed by atoms with Gasteiger partial charge in [-0.1, -0.05) is 30.3 Å². The molecule has 0 fully saturated rings. The minimum Gasteiger partial charge on any atom is -0.395 e. The fraction of sp³-hybridized carbons (Fsp3) is 0.409. The lowest BCUT2D eigenvalue weighted by atomic mass is 10.1. The van der Waals surface area contributed by atoms with E-state index in [1.54, 1.807) is 4.90 Å². The number of amides is 1. The van der Waals surface area contributed by atoms with Crippen molar-refractivity contribution >= 4 is 39.2 Å². The number of aromatic amines is 1. The van der Waals surface area contributed by atoms with Gasteiger partial charge in [0, 0.05) is 18.0 Å². The van der Waals surface area contributed by atoms with Crippen LogP contribution in [0.15, 0.2) is 35.1 Å². The van der Waals surface area contributed by atoms with Crippen molar-refractivity contribution in [1.29, 1.82) is 0 Å². The Labute approximate surface area is 184 Å². The fourth-order valence-corrected chi connectivity index (χ4v) is 5.15. The Bertz CT molecular complexity index is 1060. The van der Waals surface area contributed by atoms with E-state index in [-0.39, 0.29) is 23.3 Å². The molecule has 3 aromatic rings. The number of benzene rings is 1. The van der Waals surface area contributed by atoms with Crippen molar-refractivity contribution in [3.05, 3.63) is 62.5 Å². The molecule has 0 bridgehead atoms. The molecule has 6 nitrogen and oxygen atoms in total. The molecule has 1 unspecified atom stereocenters. The maximum atomic E-state index is 12.9. The molecule has 2 N–H and O–H groups in total. The van der Waals surface area contributed by atoms with Gasteiger partial charge in [0.15, 0.2) is 0 Å². The van der Waals surface area contributed by atoms with Crippen LogP contribution < -0.4 is 5.56 Å². The number of rotatable bonds is 9. The normalized spacial score (nSPS) is 12.3. The molecule has 2 aromatic heterocycles. The Morgan fingerprint density at radius 2 is 2.00 bits per heavy atom. The number of aliphatic hydroxyl groups excluding tert-OH is 1. The first-order chi connectivity index (χ1) is 14.4. The van der Waals surface area contributed by atoms with Crippen LogP contribution in [-0.2, 0) is 17.0 Å². The molecule has 0 saturated heterocycles. The second kappa shape index (κ2) is 10.2. The van der Waals surface area contributed by atoms with Crippen LogP contribution in [0, 0.1) is 13.8 Å². The molecule has 160 valence electrons. The van der Waals surface area contributed by atoms with E-state index in [4.69, 9.17) is 0 Å². The summed E-state index contributed by atoms with van der Waals surface area (Å²) < 4.78 is 0. The van der Waals surface area contributed by atoms with Crippen LogP contribution in [0.1, 0.15) is 28.8 Å². The van der Waals surface area contributed by atoms with Crippen LogP contribution in [0.25, 0.3) is 10.2 Å². The summed E-state index contributed by atoms with van der Waals surface area (Å²) in [6, 6.07) is 9.99. The zero-order valence-corrected chi connectivity index (χ0v) is 19.1. The van der Waals surface area contributed by atoms with E-state index in [0.717, 1.165) is 27.3 Å². The van der Waals surface area contributed by atoms with Gasteiger partial charge in [0.2, 0.25) is 5.91 Å². The van der Waals surface area contributed by atoms with Crippen LogP contribution in [-0.4, -0.2) is 50.8 Å². The molecular weight excluding hydrogens is 418 g/mol. The molecule has 30 heavy (non-hydrogen) atoms. The van der Waals surface area contributed by atoms with E-state index in [1.165, 1.54) is 23.1 Å². The Balaban J connectivity index is 1.63. The van der Waals surface area contributed by atoms with Crippen molar-refractivity contribution < 1.29 is 9.90 Å². The third-order valence-electron chi connectivity index (χ3n) is 5.10. The zero-order valence-electron chi connectivity index (χ0n) is 17.5. The van der Waals surface area contributed by atoms with Crippen LogP contribution >= 0.6 is 23.1 Å². The average molecular weight is 446 g/mol. The molecule has 8 heteroatoms. The molecule has 0 aliphatic carbocycles. The number of aliphatic hydroxyl groups is 1. The topological polar surface area (TPSA) is 86.3 Å². The molecule has 1 amide bonds. The number of H-pyrrole nitrogens is 1. The third kappa shape index (κ3) is 5.30. The highest BCUT2D eigenvalue weighted by molar-refractivity contribution is 7.99. The number of thioether (sulfide) groups is 1. The third-order valence-corrected chi connectivity index (χ3v) is 7.34. The number of carbonyl (C=O) groups excluding carboxylic acids is 1. The molecule has 3 rings (SSSR count). The first-order valence-corrected chi connectivity index (χ1v) is 11.8. The van der Waals surface area contributed by atoms with E-state index in [1.807, 2.05) is 51.1 Å². The number of aryl methyl sites for hydroxylation is 2. The predicted octanol–water partition coefficient (Wildman–Crippen LogP) is 3.29. The van der Waals surface area contributed by atoms with Crippen molar-refractivity contribution in [1.82, 2.24) is 14.9 Å². The monoisotopic (exact) mass is 445 g/mol. The second-order valence-corrected chi connectivity index (χ2v) is 9.75. The highest BCUT2D eigenvalue weighted by Crippen LogP contribution is 2.26. The van der Waals surface area contributed by atoms with E-state index < -0.39 is 0 Å². The lowest BCUT2D eigenvalue weighted by molar-refractivity contribution is -0.130. The number of thiophene rings is 1. The van der Waals surface area contributed by atoms with Gasteiger partial charge in [0.25, 0.3) is 5.56 Å². The summed E-state index contributed by atoms with van der Waals surface area (Å²) in [4.78, 5) is 36.3. The van der Waals surface area contributed by atoms with Crippen LogP contribution in [0.2, 0.25) is 0 Å². The van der Waals surface area contributed by atoms with Crippen molar-refractivity contribution in [3.8, 4) is 0 Å². The number of fused-ring (bicyclic) bond motifs is 1.